The van der Waals surface area contributed by atoms with E-state index in [1.54, 1.807) is 12.1 Å². The van der Waals surface area contributed by atoms with Crippen LogP contribution in [0.15, 0.2) is 103 Å². The van der Waals surface area contributed by atoms with E-state index in [0.717, 1.165) is 35.0 Å². The van der Waals surface area contributed by atoms with Gasteiger partial charge in [-0.1, -0.05) is 48.5 Å². The van der Waals surface area contributed by atoms with Gasteiger partial charge in [-0.2, -0.15) is 5.10 Å². The van der Waals surface area contributed by atoms with E-state index in [9.17, 15) is 9.18 Å². The molecule has 5 aromatic rings. The number of hydrogen-bond acceptors (Lipinski definition) is 2. The lowest BCUT2D eigenvalue weighted by atomic mass is 9.73. The molecule has 1 saturated heterocycles. The molecule has 6 rings (SSSR count). The Morgan fingerprint density at radius 3 is 2.38 bits per heavy atom. The summed E-state index contributed by atoms with van der Waals surface area (Å²) in [4.78, 5) is 15.4. The van der Waals surface area contributed by atoms with Gasteiger partial charge in [0, 0.05) is 29.5 Å². The highest BCUT2D eigenvalue weighted by molar-refractivity contribution is 5.94. The molecule has 1 amide bonds. The van der Waals surface area contributed by atoms with Crippen LogP contribution in [0.3, 0.4) is 0 Å². The van der Waals surface area contributed by atoms with Crippen LogP contribution in [-0.4, -0.2) is 33.7 Å². The Morgan fingerprint density at radius 2 is 1.65 bits per heavy atom. The number of carbonyl (C=O) groups excluding carboxylic acids is 1. The predicted octanol–water partition coefficient (Wildman–Crippen LogP) is 6.50. The Labute approximate surface area is 216 Å². The number of aryl methyl sites for hydroxylation is 1. The van der Waals surface area contributed by atoms with E-state index in [1.165, 1.54) is 28.8 Å². The first kappa shape index (κ1) is 23.2. The zero-order chi connectivity index (χ0) is 25.4. The Balaban J connectivity index is 1.42. The van der Waals surface area contributed by atoms with Crippen LogP contribution in [0.1, 0.15) is 33.5 Å². The van der Waals surface area contributed by atoms with Gasteiger partial charge in [0.25, 0.3) is 5.91 Å². The van der Waals surface area contributed by atoms with E-state index in [0.29, 0.717) is 13.1 Å². The molecule has 0 spiro atoms. The van der Waals surface area contributed by atoms with Gasteiger partial charge in [-0.25, -0.2) is 9.07 Å². The molecule has 4 nitrogen and oxygen atoms in total. The number of aromatic nitrogens is 2. The van der Waals surface area contributed by atoms with Crippen LogP contribution in [0, 0.1) is 12.7 Å². The summed E-state index contributed by atoms with van der Waals surface area (Å²) in [5.74, 6) is -0.184. The third-order valence-corrected chi connectivity index (χ3v) is 7.60. The van der Waals surface area contributed by atoms with Gasteiger partial charge < -0.3 is 4.90 Å². The van der Waals surface area contributed by atoms with Crippen molar-refractivity contribution < 1.29 is 9.18 Å². The highest BCUT2D eigenvalue weighted by Gasteiger charge is 2.42. The number of hydrogen-bond donors (Lipinski definition) is 0. The molecule has 184 valence electrons. The standard InChI is InChI=1S/C32H28FN3O/c1-23-18-30-26(21-34-36(30)28-14-12-27(33)13-15-28)19-29(23)32(20-24-8-4-2-5-9-24)16-17-35(22-32)31(37)25-10-6-3-7-11-25/h2-15,18-19,21H,16-17,20,22H2,1H3. The first-order valence-electron chi connectivity index (χ1n) is 12.7. The largest absolute Gasteiger partial charge is 0.338 e. The maximum atomic E-state index is 13.5. The quantitative estimate of drug-likeness (QED) is 0.283. The summed E-state index contributed by atoms with van der Waals surface area (Å²) < 4.78 is 15.3. The SMILES string of the molecule is Cc1cc2c(cnn2-c2ccc(F)cc2)cc1C1(Cc2ccccc2)CCN(C(=O)c2ccccc2)C1. The number of carbonyl (C=O) groups is 1. The minimum absolute atomic E-state index is 0.0818. The van der Waals surface area contributed by atoms with Crippen molar-refractivity contribution in [2.24, 2.45) is 0 Å². The molecule has 2 heterocycles. The normalized spacial score (nSPS) is 17.4. The fourth-order valence-corrected chi connectivity index (χ4v) is 5.79. The number of rotatable bonds is 5. The van der Waals surface area contributed by atoms with E-state index in [2.05, 4.69) is 48.4 Å². The number of benzene rings is 4. The number of halogens is 1. The Morgan fingerprint density at radius 1 is 0.946 bits per heavy atom. The topological polar surface area (TPSA) is 38.1 Å². The van der Waals surface area contributed by atoms with Gasteiger partial charge in [-0.3, -0.25) is 4.79 Å². The molecule has 1 aliphatic heterocycles. The van der Waals surface area contributed by atoms with Gasteiger partial charge in [0.15, 0.2) is 0 Å². The van der Waals surface area contributed by atoms with Crippen molar-refractivity contribution in [1.29, 1.82) is 0 Å². The molecule has 4 aromatic carbocycles. The second-order valence-electron chi connectivity index (χ2n) is 10.0. The van der Waals surface area contributed by atoms with E-state index < -0.39 is 0 Å². The van der Waals surface area contributed by atoms with Gasteiger partial charge in [0.1, 0.15) is 5.82 Å². The second kappa shape index (κ2) is 9.32. The van der Waals surface area contributed by atoms with Crippen molar-refractivity contribution in [1.82, 2.24) is 14.7 Å². The summed E-state index contributed by atoms with van der Waals surface area (Å²) >= 11 is 0. The number of amides is 1. The molecule has 0 bridgehead atoms. The van der Waals surface area contributed by atoms with Crippen LogP contribution in [0.4, 0.5) is 4.39 Å². The summed E-state index contributed by atoms with van der Waals surface area (Å²) in [6.07, 6.45) is 3.61. The average molecular weight is 490 g/mol. The lowest BCUT2D eigenvalue weighted by Gasteiger charge is -2.32. The highest BCUT2D eigenvalue weighted by Crippen LogP contribution is 2.41. The smallest absolute Gasteiger partial charge is 0.253 e. The van der Waals surface area contributed by atoms with E-state index >= 15 is 0 Å². The van der Waals surface area contributed by atoms with Gasteiger partial charge in [-0.05, 0) is 85.0 Å². The molecule has 37 heavy (non-hydrogen) atoms. The molecule has 1 aliphatic rings. The minimum atomic E-state index is -0.266. The molecule has 0 aliphatic carbocycles. The van der Waals surface area contributed by atoms with Crippen LogP contribution in [0.5, 0.6) is 0 Å². The first-order valence-corrected chi connectivity index (χ1v) is 12.7. The van der Waals surface area contributed by atoms with Crippen LogP contribution in [-0.2, 0) is 11.8 Å². The Bertz CT molecular complexity index is 1560. The summed E-state index contributed by atoms with van der Waals surface area (Å²) in [5.41, 5.74) is 6.01. The zero-order valence-corrected chi connectivity index (χ0v) is 20.8. The molecule has 0 saturated carbocycles. The maximum absolute atomic E-state index is 13.5. The summed E-state index contributed by atoms with van der Waals surface area (Å²) in [7, 11) is 0. The van der Waals surface area contributed by atoms with Gasteiger partial charge in [0.2, 0.25) is 0 Å². The third kappa shape index (κ3) is 4.31. The van der Waals surface area contributed by atoms with Crippen molar-refractivity contribution in [2.75, 3.05) is 13.1 Å². The molecule has 1 unspecified atom stereocenters. The second-order valence-corrected chi connectivity index (χ2v) is 10.0. The average Bonchev–Trinajstić information content (AvgIpc) is 3.54. The summed E-state index contributed by atoms with van der Waals surface area (Å²) in [6.45, 7) is 3.52. The highest BCUT2D eigenvalue weighted by atomic mass is 19.1. The van der Waals surface area contributed by atoms with Crippen molar-refractivity contribution in [3.8, 4) is 5.69 Å². The number of fused-ring (bicyclic) bond motifs is 1. The van der Waals surface area contributed by atoms with E-state index in [1.807, 2.05) is 52.2 Å². The van der Waals surface area contributed by atoms with Crippen molar-refractivity contribution in [3.05, 3.63) is 131 Å². The molecular weight excluding hydrogens is 461 g/mol. The van der Waals surface area contributed by atoms with Crippen molar-refractivity contribution in [3.63, 3.8) is 0 Å². The Kier molecular flexibility index (Phi) is 5.84. The van der Waals surface area contributed by atoms with Gasteiger partial charge in [-0.15, -0.1) is 0 Å². The molecule has 5 heteroatoms. The maximum Gasteiger partial charge on any atom is 0.253 e. The van der Waals surface area contributed by atoms with Crippen LogP contribution in [0.2, 0.25) is 0 Å². The lowest BCUT2D eigenvalue weighted by molar-refractivity contribution is 0.0783. The van der Waals surface area contributed by atoms with Gasteiger partial charge in [0.05, 0.1) is 17.4 Å². The number of likely N-dealkylation sites (tertiary alicyclic amines) is 1. The Hall–Kier alpha value is -4.25. The molecule has 1 aromatic heterocycles. The molecule has 0 radical (unpaired) electrons. The minimum Gasteiger partial charge on any atom is -0.338 e. The fraction of sp³-hybridized carbons (Fsp3) is 0.188. The van der Waals surface area contributed by atoms with Crippen LogP contribution < -0.4 is 0 Å². The van der Waals surface area contributed by atoms with E-state index in [-0.39, 0.29) is 17.1 Å². The third-order valence-electron chi connectivity index (χ3n) is 7.60. The molecule has 1 fully saturated rings. The molecular formula is C32H28FN3O. The zero-order valence-electron chi connectivity index (χ0n) is 20.8. The van der Waals surface area contributed by atoms with Crippen molar-refractivity contribution in [2.45, 2.75) is 25.2 Å². The van der Waals surface area contributed by atoms with Crippen LogP contribution >= 0.6 is 0 Å². The molecule has 0 N–H and O–H groups in total. The van der Waals surface area contributed by atoms with Gasteiger partial charge >= 0.3 is 0 Å². The fourth-order valence-electron chi connectivity index (χ4n) is 5.79. The lowest BCUT2D eigenvalue weighted by Crippen LogP contribution is -2.36. The van der Waals surface area contributed by atoms with Crippen LogP contribution in [0.25, 0.3) is 16.6 Å². The van der Waals surface area contributed by atoms with E-state index in [4.69, 9.17) is 0 Å². The molecule has 1 atom stereocenters. The summed E-state index contributed by atoms with van der Waals surface area (Å²) in [5, 5.41) is 5.66. The van der Waals surface area contributed by atoms with Crippen molar-refractivity contribution >= 4 is 16.8 Å². The first-order chi connectivity index (χ1) is 18.0. The monoisotopic (exact) mass is 489 g/mol. The predicted molar refractivity (Wildman–Crippen MR) is 145 cm³/mol. The summed E-state index contributed by atoms with van der Waals surface area (Å²) in [6, 6.07) is 30.9. The number of nitrogens with zero attached hydrogens (tertiary/aromatic N) is 3.